The third kappa shape index (κ3) is 5.79. The van der Waals surface area contributed by atoms with Gasteiger partial charge in [0.25, 0.3) is 5.91 Å². The average molecular weight is 583 g/mol. The molecule has 3 N–H and O–H groups in total. The number of hydrogen-bond donors (Lipinski definition) is 2. The van der Waals surface area contributed by atoms with Gasteiger partial charge in [0.2, 0.25) is 0 Å². The van der Waals surface area contributed by atoms with E-state index >= 15 is 0 Å². The van der Waals surface area contributed by atoms with Gasteiger partial charge >= 0.3 is 0 Å². The summed E-state index contributed by atoms with van der Waals surface area (Å²) in [6.45, 7) is 0. The Kier molecular flexibility index (Phi) is 7.92. The minimum atomic E-state index is -0.268. The highest BCUT2D eigenvalue weighted by Crippen LogP contribution is 2.30. The predicted molar refractivity (Wildman–Crippen MR) is 173 cm³/mol. The number of carbonyl (C=O) groups is 1. The normalized spacial score (nSPS) is 10.7. The molecule has 7 aromatic rings. The minimum absolute atomic E-state index is 0.268. The summed E-state index contributed by atoms with van der Waals surface area (Å²) in [4.78, 5) is 22.1. The van der Waals surface area contributed by atoms with Gasteiger partial charge < -0.3 is 29.3 Å². The predicted octanol–water partition coefficient (Wildman–Crippen LogP) is 6.85. The molecule has 218 valence electrons. The van der Waals surface area contributed by atoms with Crippen molar-refractivity contribution in [2.24, 2.45) is 0 Å². The van der Waals surface area contributed by atoms with Gasteiger partial charge in [-0.2, -0.15) is 0 Å². The zero-order chi connectivity index (χ0) is 30.5. The van der Waals surface area contributed by atoms with Crippen molar-refractivity contribution in [2.45, 2.75) is 0 Å². The van der Waals surface area contributed by atoms with E-state index in [9.17, 15) is 4.79 Å². The van der Waals surface area contributed by atoms with E-state index in [1.54, 1.807) is 25.3 Å². The van der Waals surface area contributed by atoms with Crippen molar-refractivity contribution >= 4 is 28.6 Å². The summed E-state index contributed by atoms with van der Waals surface area (Å²) in [5.41, 5.74) is 13.1. The topological polar surface area (TPSA) is 108 Å². The maximum absolute atomic E-state index is 12.9. The number of methoxy groups -OCH3 is 2. The summed E-state index contributed by atoms with van der Waals surface area (Å²) in [6.07, 6.45) is 7.84. The number of carbonyl (C=O) groups excluding carboxylic acids is 1. The molecular weight excluding hydrogens is 552 g/mol. The molecule has 44 heavy (non-hydrogen) atoms. The van der Waals surface area contributed by atoms with Crippen LogP contribution in [0, 0.1) is 0 Å². The van der Waals surface area contributed by atoms with Crippen molar-refractivity contribution in [1.82, 2.24) is 18.8 Å². The van der Waals surface area contributed by atoms with Gasteiger partial charge in [0.05, 0.1) is 36.9 Å². The molecule has 3 aromatic carbocycles. The fourth-order valence-electron chi connectivity index (χ4n) is 4.85. The number of nitrogens with one attached hydrogen (secondary N) is 1. The van der Waals surface area contributed by atoms with Gasteiger partial charge in [0, 0.05) is 47.7 Å². The van der Waals surface area contributed by atoms with E-state index in [1.807, 2.05) is 119 Å². The third-order valence-corrected chi connectivity index (χ3v) is 7.07. The Morgan fingerprint density at radius 3 is 1.91 bits per heavy atom. The molecule has 0 unspecified atom stereocenters. The number of hydrogen-bond acceptors (Lipinski definition) is 6. The number of ether oxygens (including phenoxy) is 2. The number of pyridine rings is 2. The van der Waals surface area contributed by atoms with Crippen LogP contribution in [0.5, 0.6) is 11.5 Å². The Morgan fingerprint density at radius 1 is 0.705 bits per heavy atom. The monoisotopic (exact) mass is 582 g/mol. The first-order valence-corrected chi connectivity index (χ1v) is 13.9. The average Bonchev–Trinajstić information content (AvgIpc) is 3.70. The molecular formula is C35H30N6O3. The van der Waals surface area contributed by atoms with E-state index < -0.39 is 0 Å². The van der Waals surface area contributed by atoms with Crippen LogP contribution < -0.4 is 20.5 Å². The second-order valence-electron chi connectivity index (χ2n) is 9.84. The molecule has 0 saturated carbocycles. The number of rotatable bonds is 6. The second kappa shape index (κ2) is 12.4. The molecule has 0 saturated heterocycles. The minimum Gasteiger partial charge on any atom is -0.497 e. The van der Waals surface area contributed by atoms with Crippen molar-refractivity contribution in [3.8, 4) is 34.0 Å². The molecule has 0 aliphatic heterocycles. The Balaban J connectivity index is 0.000000181. The summed E-state index contributed by atoms with van der Waals surface area (Å²) in [5.74, 6) is 0.802. The lowest BCUT2D eigenvalue weighted by Crippen LogP contribution is -2.14. The van der Waals surface area contributed by atoms with Crippen LogP contribution in [0.15, 0.2) is 128 Å². The van der Waals surface area contributed by atoms with Crippen LogP contribution in [0.25, 0.3) is 33.8 Å². The molecule has 4 aromatic heterocycles. The molecule has 0 aliphatic carbocycles. The van der Waals surface area contributed by atoms with Gasteiger partial charge in [-0.3, -0.25) is 4.79 Å². The van der Waals surface area contributed by atoms with E-state index in [0.29, 0.717) is 22.7 Å². The van der Waals surface area contributed by atoms with Gasteiger partial charge in [0.1, 0.15) is 22.8 Å². The van der Waals surface area contributed by atoms with E-state index in [-0.39, 0.29) is 5.91 Å². The highest BCUT2D eigenvalue weighted by atomic mass is 16.5. The zero-order valence-electron chi connectivity index (χ0n) is 24.2. The largest absolute Gasteiger partial charge is 0.497 e. The Labute approximate surface area is 254 Å². The summed E-state index contributed by atoms with van der Waals surface area (Å²) >= 11 is 0. The summed E-state index contributed by atoms with van der Waals surface area (Å²) in [7, 11) is 3.09. The zero-order valence-corrected chi connectivity index (χ0v) is 24.2. The van der Waals surface area contributed by atoms with Crippen LogP contribution in [0.1, 0.15) is 10.4 Å². The van der Waals surface area contributed by atoms with E-state index in [0.717, 1.165) is 39.5 Å². The highest BCUT2D eigenvalue weighted by Gasteiger charge is 2.16. The van der Waals surface area contributed by atoms with Crippen molar-refractivity contribution < 1.29 is 14.3 Å². The van der Waals surface area contributed by atoms with Gasteiger partial charge in [0.15, 0.2) is 0 Å². The number of nitrogens with zero attached hydrogens (tertiary/aromatic N) is 4. The number of benzene rings is 3. The smallest absolute Gasteiger partial charge is 0.259 e. The third-order valence-electron chi connectivity index (χ3n) is 7.07. The lowest BCUT2D eigenvalue weighted by atomic mass is 10.1. The quantitative estimate of drug-likeness (QED) is 0.208. The van der Waals surface area contributed by atoms with Crippen molar-refractivity contribution in [2.75, 3.05) is 25.3 Å². The van der Waals surface area contributed by atoms with E-state index in [2.05, 4.69) is 15.3 Å². The van der Waals surface area contributed by atoms with Crippen molar-refractivity contribution in [1.29, 1.82) is 0 Å². The lowest BCUT2D eigenvalue weighted by Gasteiger charge is -2.12. The molecule has 0 spiro atoms. The second-order valence-corrected chi connectivity index (χ2v) is 9.84. The number of nitrogens with two attached hydrogens (primary N) is 1. The molecule has 4 heterocycles. The van der Waals surface area contributed by atoms with Gasteiger partial charge in [-0.1, -0.05) is 48.5 Å². The number of anilines is 2. The number of fused-ring (bicyclic) bond motifs is 2. The molecule has 9 heteroatoms. The van der Waals surface area contributed by atoms with Crippen LogP contribution >= 0.6 is 0 Å². The van der Waals surface area contributed by atoms with Crippen molar-refractivity contribution in [3.63, 3.8) is 0 Å². The number of amides is 1. The Hall–Kier alpha value is -6.09. The van der Waals surface area contributed by atoms with E-state index in [4.69, 9.17) is 15.2 Å². The summed E-state index contributed by atoms with van der Waals surface area (Å²) < 4.78 is 14.5. The standard InChI is InChI=1S/C22H19N3O3.C13H11N3/c1-27-15-10-11-17(20(13-15)28-2)22(26)24-18-8-4-3-7-16(18)19-14-25-12-6-5-9-21(25)23-19;14-11-6-2-1-5-10(11)12-9-16-8-4-3-7-13(16)15-12/h3-14H,1-2H3,(H,24,26);1-9H,14H2. The Bertz CT molecular complexity index is 2010. The first kappa shape index (κ1) is 28.0. The van der Waals surface area contributed by atoms with Crippen LogP contribution in [-0.4, -0.2) is 38.9 Å². The van der Waals surface area contributed by atoms with Gasteiger partial charge in [-0.25, -0.2) is 9.97 Å². The molecule has 9 nitrogen and oxygen atoms in total. The molecule has 0 radical (unpaired) electrons. The highest BCUT2D eigenvalue weighted by molar-refractivity contribution is 6.08. The molecule has 0 bridgehead atoms. The SMILES string of the molecule is COc1ccc(C(=O)Nc2ccccc2-c2cn3ccccc3n2)c(OC)c1.Nc1ccccc1-c1cn2ccccc2n1. The number of para-hydroxylation sites is 2. The fourth-order valence-corrected chi connectivity index (χ4v) is 4.85. The summed E-state index contributed by atoms with van der Waals surface area (Å²) in [6, 6.07) is 32.2. The lowest BCUT2D eigenvalue weighted by molar-refractivity contribution is 0.102. The summed E-state index contributed by atoms with van der Waals surface area (Å²) in [5, 5.41) is 2.97. The first-order valence-electron chi connectivity index (χ1n) is 13.9. The number of nitrogen functional groups attached to an aromatic ring is 1. The molecule has 0 atom stereocenters. The van der Waals surface area contributed by atoms with E-state index in [1.165, 1.54) is 7.11 Å². The van der Waals surface area contributed by atoms with Crippen LogP contribution in [-0.2, 0) is 0 Å². The van der Waals surface area contributed by atoms with Crippen LogP contribution in [0.4, 0.5) is 11.4 Å². The van der Waals surface area contributed by atoms with Crippen LogP contribution in [0.3, 0.4) is 0 Å². The first-order chi connectivity index (χ1) is 21.5. The number of aromatic nitrogens is 4. The Morgan fingerprint density at radius 2 is 1.30 bits per heavy atom. The fraction of sp³-hybridized carbons (Fsp3) is 0.0571. The number of imidazole rings is 2. The van der Waals surface area contributed by atoms with Crippen LogP contribution in [0.2, 0.25) is 0 Å². The maximum Gasteiger partial charge on any atom is 0.259 e. The van der Waals surface area contributed by atoms with Gasteiger partial charge in [-0.05, 0) is 48.5 Å². The molecule has 0 fully saturated rings. The molecule has 7 rings (SSSR count). The molecule has 1 amide bonds. The maximum atomic E-state index is 12.9. The molecule has 0 aliphatic rings. The van der Waals surface area contributed by atoms with Gasteiger partial charge in [-0.15, -0.1) is 0 Å². The van der Waals surface area contributed by atoms with Crippen molar-refractivity contribution in [3.05, 3.63) is 133 Å².